The Morgan fingerprint density at radius 1 is 0.971 bits per heavy atom. The van der Waals surface area contributed by atoms with E-state index in [0.29, 0.717) is 0 Å². The lowest BCUT2D eigenvalue weighted by Gasteiger charge is -2.18. The predicted octanol–water partition coefficient (Wildman–Crippen LogP) is 5.03. The highest BCUT2D eigenvalue weighted by Gasteiger charge is 2.29. The molecule has 0 heterocycles. The van der Waals surface area contributed by atoms with E-state index in [1.807, 2.05) is 48.5 Å². The van der Waals surface area contributed by atoms with Crippen molar-refractivity contribution in [1.29, 1.82) is 0 Å². The molecule has 0 saturated carbocycles. The van der Waals surface area contributed by atoms with Gasteiger partial charge in [-0.25, -0.2) is 14.0 Å². The summed E-state index contributed by atoms with van der Waals surface area (Å²) >= 11 is 0. The summed E-state index contributed by atoms with van der Waals surface area (Å²) in [5.41, 5.74) is 4.21. The lowest BCUT2D eigenvalue weighted by molar-refractivity contribution is -0.140. The van der Waals surface area contributed by atoms with Gasteiger partial charge < -0.3 is 15.2 Å². The van der Waals surface area contributed by atoms with Crippen molar-refractivity contribution in [2.45, 2.75) is 25.8 Å². The summed E-state index contributed by atoms with van der Waals surface area (Å²) in [6.07, 6.45) is -0.797. The van der Waals surface area contributed by atoms with E-state index in [-0.39, 0.29) is 29.7 Å². The number of halogens is 1. The van der Waals surface area contributed by atoms with E-state index in [9.17, 15) is 23.9 Å². The van der Waals surface area contributed by atoms with E-state index in [1.165, 1.54) is 6.07 Å². The fraction of sp³-hybridized carbons (Fsp3) is 0.222. The average Bonchev–Trinajstić information content (AvgIpc) is 3.14. The molecule has 3 aromatic rings. The smallest absolute Gasteiger partial charge is 0.411 e. The molecule has 0 aliphatic heterocycles. The number of fused-ring (bicyclic) bond motifs is 3. The van der Waals surface area contributed by atoms with Crippen LogP contribution in [-0.4, -0.2) is 35.7 Å². The first-order valence-electron chi connectivity index (χ1n) is 11.2. The van der Waals surface area contributed by atoms with Crippen LogP contribution in [0.15, 0.2) is 66.7 Å². The number of hydrogen-bond acceptors (Lipinski definition) is 4. The second-order valence-corrected chi connectivity index (χ2v) is 8.71. The Morgan fingerprint density at radius 2 is 1.57 bits per heavy atom. The fourth-order valence-electron chi connectivity index (χ4n) is 4.28. The summed E-state index contributed by atoms with van der Waals surface area (Å²) in [4.78, 5) is 36.4. The zero-order valence-electron chi connectivity index (χ0n) is 19.2. The van der Waals surface area contributed by atoms with Gasteiger partial charge in [0.2, 0.25) is 0 Å². The van der Waals surface area contributed by atoms with Gasteiger partial charge in [-0.3, -0.25) is 10.1 Å². The molecule has 35 heavy (non-hydrogen) atoms. The zero-order chi connectivity index (χ0) is 25.1. The molecule has 180 valence electrons. The monoisotopic (exact) mass is 476 g/mol. The van der Waals surface area contributed by atoms with Crippen LogP contribution < -0.4 is 10.6 Å². The minimum Gasteiger partial charge on any atom is -0.480 e. The second-order valence-electron chi connectivity index (χ2n) is 8.71. The largest absolute Gasteiger partial charge is 0.480 e. The topological polar surface area (TPSA) is 105 Å². The van der Waals surface area contributed by atoms with E-state index in [1.54, 1.807) is 13.8 Å². The molecule has 1 aliphatic rings. The molecule has 4 rings (SSSR count). The van der Waals surface area contributed by atoms with Crippen molar-refractivity contribution in [2.75, 3.05) is 11.9 Å². The summed E-state index contributed by atoms with van der Waals surface area (Å²) in [6.45, 7) is 3.38. The third-order valence-electron chi connectivity index (χ3n) is 5.97. The Labute approximate surface area is 201 Å². The molecule has 0 radical (unpaired) electrons. The number of benzene rings is 3. The Hall–Kier alpha value is -4.20. The van der Waals surface area contributed by atoms with Crippen LogP contribution in [0.1, 0.15) is 41.3 Å². The molecule has 7 nitrogen and oxygen atoms in total. The summed E-state index contributed by atoms with van der Waals surface area (Å²) in [7, 11) is 0. The van der Waals surface area contributed by atoms with Crippen molar-refractivity contribution < 1.29 is 28.6 Å². The molecule has 3 N–H and O–H groups in total. The van der Waals surface area contributed by atoms with Crippen molar-refractivity contribution in [2.24, 2.45) is 5.92 Å². The van der Waals surface area contributed by atoms with Gasteiger partial charge in [-0.15, -0.1) is 0 Å². The van der Waals surface area contributed by atoms with Crippen molar-refractivity contribution in [3.05, 3.63) is 89.2 Å². The van der Waals surface area contributed by atoms with E-state index in [4.69, 9.17) is 4.74 Å². The van der Waals surface area contributed by atoms with Crippen LogP contribution in [0, 0.1) is 11.7 Å². The maximum atomic E-state index is 14.2. The Kier molecular flexibility index (Phi) is 6.82. The Morgan fingerprint density at radius 3 is 2.14 bits per heavy atom. The number of amides is 2. The SMILES string of the molecule is CC(C)C(NC(=O)c1cc(F)cc(NC(=O)OCC2c3ccccc3-c3ccccc32)c1)C(=O)O. The van der Waals surface area contributed by atoms with Gasteiger partial charge in [-0.1, -0.05) is 62.4 Å². The highest BCUT2D eigenvalue weighted by atomic mass is 19.1. The van der Waals surface area contributed by atoms with Gasteiger partial charge in [0, 0.05) is 17.2 Å². The quantitative estimate of drug-likeness (QED) is 0.444. The molecular formula is C27H25FN2O5. The first-order chi connectivity index (χ1) is 16.7. The summed E-state index contributed by atoms with van der Waals surface area (Å²) in [6, 6.07) is 18.0. The molecule has 1 unspecified atom stereocenters. The standard InChI is InChI=1S/C27H25FN2O5/c1-15(2)24(26(32)33)30-25(31)16-11-17(28)13-18(12-16)29-27(34)35-14-23-21-9-5-3-7-19(21)20-8-4-6-10-22(20)23/h3-13,15,23-24H,14H2,1-2H3,(H,29,34)(H,30,31)(H,32,33). The molecule has 1 aliphatic carbocycles. The van der Waals surface area contributed by atoms with Crippen molar-refractivity contribution in [3.8, 4) is 11.1 Å². The molecule has 0 saturated heterocycles. The predicted molar refractivity (Wildman–Crippen MR) is 129 cm³/mol. The van der Waals surface area contributed by atoms with Crippen LogP contribution >= 0.6 is 0 Å². The molecule has 0 aromatic heterocycles. The number of hydrogen-bond donors (Lipinski definition) is 3. The van der Waals surface area contributed by atoms with Crippen LogP contribution in [0.2, 0.25) is 0 Å². The summed E-state index contributed by atoms with van der Waals surface area (Å²) in [5, 5.41) is 14.1. The molecule has 8 heteroatoms. The number of carbonyl (C=O) groups is 3. The van der Waals surface area contributed by atoms with Crippen LogP contribution in [0.5, 0.6) is 0 Å². The maximum Gasteiger partial charge on any atom is 0.411 e. The van der Waals surface area contributed by atoms with Crippen LogP contribution in [0.4, 0.5) is 14.9 Å². The average molecular weight is 477 g/mol. The molecule has 0 fully saturated rings. The minimum atomic E-state index is -1.19. The van der Waals surface area contributed by atoms with E-state index in [0.717, 1.165) is 34.4 Å². The maximum absolute atomic E-state index is 14.2. The third kappa shape index (κ3) is 5.16. The van der Waals surface area contributed by atoms with Gasteiger partial charge in [-0.05, 0) is 46.4 Å². The van der Waals surface area contributed by atoms with Gasteiger partial charge in [0.25, 0.3) is 5.91 Å². The molecule has 0 spiro atoms. The van der Waals surface area contributed by atoms with Crippen molar-refractivity contribution >= 4 is 23.7 Å². The summed E-state index contributed by atoms with van der Waals surface area (Å²) < 4.78 is 19.6. The molecule has 2 amide bonds. The van der Waals surface area contributed by atoms with Crippen molar-refractivity contribution in [1.82, 2.24) is 5.32 Å². The first kappa shape index (κ1) is 23.9. The highest BCUT2D eigenvalue weighted by molar-refractivity contribution is 5.98. The van der Waals surface area contributed by atoms with Gasteiger partial charge in [0.15, 0.2) is 0 Å². The van der Waals surface area contributed by atoms with Gasteiger partial charge in [0.1, 0.15) is 18.5 Å². The first-order valence-corrected chi connectivity index (χ1v) is 11.2. The Bertz CT molecular complexity index is 1240. The number of ether oxygens (including phenoxy) is 1. The van der Waals surface area contributed by atoms with Crippen LogP contribution in [-0.2, 0) is 9.53 Å². The van der Waals surface area contributed by atoms with Crippen LogP contribution in [0.25, 0.3) is 11.1 Å². The molecular weight excluding hydrogens is 451 g/mol. The second kappa shape index (κ2) is 9.97. The zero-order valence-corrected chi connectivity index (χ0v) is 19.2. The van der Waals surface area contributed by atoms with Gasteiger partial charge >= 0.3 is 12.1 Å². The lowest BCUT2D eigenvalue weighted by atomic mass is 9.98. The lowest BCUT2D eigenvalue weighted by Crippen LogP contribution is -2.44. The molecule has 1 atom stereocenters. The van der Waals surface area contributed by atoms with E-state index in [2.05, 4.69) is 10.6 Å². The van der Waals surface area contributed by atoms with Gasteiger partial charge in [0.05, 0.1) is 0 Å². The van der Waals surface area contributed by atoms with Crippen LogP contribution in [0.3, 0.4) is 0 Å². The van der Waals surface area contributed by atoms with E-state index < -0.39 is 29.8 Å². The number of rotatable bonds is 7. The normalized spacial score (nSPS) is 13.0. The van der Waals surface area contributed by atoms with E-state index >= 15 is 0 Å². The summed E-state index contributed by atoms with van der Waals surface area (Å²) in [5.74, 6) is -3.22. The van der Waals surface area contributed by atoms with Gasteiger partial charge in [-0.2, -0.15) is 0 Å². The number of carboxylic acid groups (broad SMARTS) is 1. The Balaban J connectivity index is 1.44. The molecule has 0 bridgehead atoms. The highest BCUT2D eigenvalue weighted by Crippen LogP contribution is 2.44. The molecule has 3 aromatic carbocycles. The number of aliphatic carboxylic acids is 1. The number of anilines is 1. The minimum absolute atomic E-state index is 0.0174. The number of carbonyl (C=O) groups excluding carboxylic acids is 2. The fourth-order valence-corrected chi connectivity index (χ4v) is 4.28. The third-order valence-corrected chi connectivity index (χ3v) is 5.97. The number of carboxylic acids is 1. The van der Waals surface area contributed by atoms with Crippen molar-refractivity contribution in [3.63, 3.8) is 0 Å². The number of nitrogens with one attached hydrogen (secondary N) is 2.